The molecule has 0 aliphatic heterocycles. The lowest BCUT2D eigenvalue weighted by molar-refractivity contribution is -0.141. The predicted octanol–water partition coefficient (Wildman–Crippen LogP) is 6.03. The molecule has 0 heterocycles. The van der Waals surface area contributed by atoms with Crippen molar-refractivity contribution in [2.45, 2.75) is 63.6 Å². The first-order valence-corrected chi connectivity index (χ1v) is 13.3. The topological polar surface area (TPSA) is 49.4 Å². The fourth-order valence-electron chi connectivity index (χ4n) is 3.88. The average Bonchev–Trinajstić information content (AvgIpc) is 2.88. The van der Waals surface area contributed by atoms with Gasteiger partial charge in [0.05, 0.1) is 0 Å². The Hall–Kier alpha value is -3.05. The van der Waals surface area contributed by atoms with Crippen LogP contribution in [0, 0.1) is 6.92 Å². The lowest BCUT2D eigenvalue weighted by Crippen LogP contribution is -2.52. The molecule has 0 unspecified atom stereocenters. The predicted molar refractivity (Wildman–Crippen MR) is 145 cm³/mol. The molecule has 0 spiro atoms. The van der Waals surface area contributed by atoms with E-state index in [0.29, 0.717) is 25.1 Å². The Labute approximate surface area is 214 Å². The Morgan fingerprint density at radius 1 is 0.914 bits per heavy atom. The smallest absolute Gasteiger partial charge is 0.243 e. The molecule has 0 radical (unpaired) electrons. The number of aryl methyl sites for hydroxylation is 1. The number of amides is 2. The second-order valence-corrected chi connectivity index (χ2v) is 10.1. The zero-order valence-electron chi connectivity index (χ0n) is 20.9. The summed E-state index contributed by atoms with van der Waals surface area (Å²) in [5.74, 6) is 0.566. The van der Waals surface area contributed by atoms with Gasteiger partial charge in [0.25, 0.3) is 0 Å². The van der Waals surface area contributed by atoms with Crippen LogP contribution >= 0.6 is 11.8 Å². The fraction of sp³-hybridized carbons (Fsp3) is 0.333. The molecule has 1 N–H and O–H groups in total. The number of carbonyl (C=O) groups is 2. The van der Waals surface area contributed by atoms with Gasteiger partial charge in [0.1, 0.15) is 6.04 Å². The van der Waals surface area contributed by atoms with Gasteiger partial charge in [-0.3, -0.25) is 9.59 Å². The number of rotatable bonds is 12. The SMILES string of the molecule is CC[C@@H](C)NC(=O)[C@H](Cc1ccccc1)N(Cc1ccccc1C)C(=O)CCSc1ccccc1. The molecule has 5 heteroatoms. The molecule has 184 valence electrons. The maximum atomic E-state index is 13.7. The summed E-state index contributed by atoms with van der Waals surface area (Å²) in [6.45, 7) is 6.51. The van der Waals surface area contributed by atoms with Gasteiger partial charge in [-0.1, -0.05) is 79.7 Å². The summed E-state index contributed by atoms with van der Waals surface area (Å²) >= 11 is 1.67. The van der Waals surface area contributed by atoms with Crippen molar-refractivity contribution in [3.63, 3.8) is 0 Å². The van der Waals surface area contributed by atoms with Gasteiger partial charge in [0.2, 0.25) is 11.8 Å². The molecule has 4 nitrogen and oxygen atoms in total. The van der Waals surface area contributed by atoms with E-state index < -0.39 is 6.04 Å². The molecule has 2 amide bonds. The Morgan fingerprint density at radius 2 is 1.54 bits per heavy atom. The molecule has 0 saturated carbocycles. The number of carbonyl (C=O) groups excluding carboxylic acids is 2. The molecular weight excluding hydrogens is 452 g/mol. The van der Waals surface area contributed by atoms with Crippen LogP contribution in [0.1, 0.15) is 43.4 Å². The fourth-order valence-corrected chi connectivity index (χ4v) is 4.74. The molecule has 0 bridgehead atoms. The number of nitrogens with one attached hydrogen (secondary N) is 1. The standard InChI is InChI=1S/C30H36N2O2S/c1-4-24(3)31-30(34)28(21-25-14-7-5-8-15-25)32(22-26-16-12-11-13-23(26)2)29(33)19-20-35-27-17-9-6-10-18-27/h5-18,24,28H,4,19-22H2,1-3H3,(H,31,34)/t24-,28+/m1/s1. The Balaban J connectivity index is 1.87. The van der Waals surface area contributed by atoms with Crippen LogP contribution in [0.4, 0.5) is 0 Å². The third-order valence-electron chi connectivity index (χ3n) is 6.20. The highest BCUT2D eigenvalue weighted by atomic mass is 32.2. The highest BCUT2D eigenvalue weighted by Crippen LogP contribution is 2.21. The zero-order chi connectivity index (χ0) is 25.0. The molecule has 0 saturated heterocycles. The zero-order valence-corrected chi connectivity index (χ0v) is 21.8. The van der Waals surface area contributed by atoms with Crippen LogP contribution in [0.25, 0.3) is 0 Å². The van der Waals surface area contributed by atoms with E-state index in [0.717, 1.165) is 28.0 Å². The van der Waals surface area contributed by atoms with Gasteiger partial charge in [-0.2, -0.15) is 0 Å². The van der Waals surface area contributed by atoms with Crippen molar-refractivity contribution >= 4 is 23.6 Å². The molecule has 0 aliphatic rings. The maximum Gasteiger partial charge on any atom is 0.243 e. The van der Waals surface area contributed by atoms with E-state index >= 15 is 0 Å². The van der Waals surface area contributed by atoms with Gasteiger partial charge in [0.15, 0.2) is 0 Å². The molecule has 0 fully saturated rings. The lowest BCUT2D eigenvalue weighted by atomic mass is 10.0. The van der Waals surface area contributed by atoms with Gasteiger partial charge in [0, 0.05) is 36.1 Å². The third kappa shape index (κ3) is 8.29. The minimum Gasteiger partial charge on any atom is -0.352 e. The third-order valence-corrected chi connectivity index (χ3v) is 7.22. The minimum absolute atomic E-state index is 0.00285. The van der Waals surface area contributed by atoms with Crippen molar-refractivity contribution in [3.8, 4) is 0 Å². The number of thioether (sulfide) groups is 1. The van der Waals surface area contributed by atoms with Crippen molar-refractivity contribution < 1.29 is 9.59 Å². The van der Waals surface area contributed by atoms with Crippen LogP contribution in [0.15, 0.2) is 89.8 Å². The number of hydrogen-bond acceptors (Lipinski definition) is 3. The highest BCUT2D eigenvalue weighted by molar-refractivity contribution is 7.99. The van der Waals surface area contributed by atoms with Crippen LogP contribution in [-0.2, 0) is 22.6 Å². The summed E-state index contributed by atoms with van der Waals surface area (Å²) in [6.07, 6.45) is 1.68. The highest BCUT2D eigenvalue weighted by Gasteiger charge is 2.31. The summed E-state index contributed by atoms with van der Waals surface area (Å²) in [5, 5.41) is 3.13. The number of nitrogens with zero attached hydrogens (tertiary/aromatic N) is 1. The molecule has 35 heavy (non-hydrogen) atoms. The van der Waals surface area contributed by atoms with Crippen LogP contribution in [0.5, 0.6) is 0 Å². The normalized spacial score (nSPS) is 12.5. The number of benzene rings is 3. The van der Waals surface area contributed by atoms with Crippen LogP contribution < -0.4 is 5.32 Å². The van der Waals surface area contributed by atoms with Gasteiger partial charge in [-0.15, -0.1) is 11.8 Å². The van der Waals surface area contributed by atoms with Crippen molar-refractivity contribution in [1.29, 1.82) is 0 Å². The quantitative estimate of drug-likeness (QED) is 0.317. The minimum atomic E-state index is -0.583. The molecule has 3 aromatic carbocycles. The molecular formula is C30H36N2O2S. The monoisotopic (exact) mass is 488 g/mol. The van der Waals surface area contributed by atoms with E-state index in [2.05, 4.69) is 30.4 Å². The van der Waals surface area contributed by atoms with E-state index in [1.165, 1.54) is 0 Å². The summed E-state index contributed by atoms with van der Waals surface area (Å²) in [7, 11) is 0. The molecule has 3 rings (SSSR count). The first-order chi connectivity index (χ1) is 17.0. The summed E-state index contributed by atoms with van der Waals surface area (Å²) in [5.41, 5.74) is 3.22. The summed E-state index contributed by atoms with van der Waals surface area (Å²) in [4.78, 5) is 30.1. The van der Waals surface area contributed by atoms with Crippen molar-refractivity contribution in [3.05, 3.63) is 102 Å². The Kier molecular flexibility index (Phi) is 10.4. The molecule has 2 atom stereocenters. The summed E-state index contributed by atoms with van der Waals surface area (Å²) in [6, 6.07) is 27.6. The van der Waals surface area contributed by atoms with Crippen LogP contribution in [0.3, 0.4) is 0 Å². The lowest BCUT2D eigenvalue weighted by Gasteiger charge is -2.32. The van der Waals surface area contributed by atoms with Crippen molar-refractivity contribution in [2.75, 3.05) is 5.75 Å². The maximum absolute atomic E-state index is 13.7. The van der Waals surface area contributed by atoms with Crippen molar-refractivity contribution in [1.82, 2.24) is 10.2 Å². The Bertz CT molecular complexity index is 1070. The van der Waals surface area contributed by atoms with Gasteiger partial charge >= 0.3 is 0 Å². The molecule has 0 aromatic heterocycles. The van der Waals surface area contributed by atoms with Crippen molar-refractivity contribution in [2.24, 2.45) is 0 Å². The second kappa shape index (κ2) is 13.7. The second-order valence-electron chi connectivity index (χ2n) is 8.88. The van der Waals surface area contributed by atoms with E-state index in [9.17, 15) is 9.59 Å². The van der Waals surface area contributed by atoms with Gasteiger partial charge < -0.3 is 10.2 Å². The van der Waals surface area contributed by atoms with Crippen LogP contribution in [-0.4, -0.2) is 34.6 Å². The molecule has 0 aliphatic carbocycles. The van der Waals surface area contributed by atoms with E-state index in [1.807, 2.05) is 80.6 Å². The summed E-state index contributed by atoms with van der Waals surface area (Å²) < 4.78 is 0. The first kappa shape index (κ1) is 26.6. The molecule has 3 aromatic rings. The van der Waals surface area contributed by atoms with Gasteiger partial charge in [-0.05, 0) is 49.1 Å². The Morgan fingerprint density at radius 3 is 2.20 bits per heavy atom. The largest absolute Gasteiger partial charge is 0.352 e. The van der Waals surface area contributed by atoms with Gasteiger partial charge in [-0.25, -0.2) is 0 Å². The van der Waals surface area contributed by atoms with E-state index in [-0.39, 0.29) is 17.9 Å². The number of hydrogen-bond donors (Lipinski definition) is 1. The van der Waals surface area contributed by atoms with E-state index in [4.69, 9.17) is 0 Å². The van der Waals surface area contributed by atoms with E-state index in [1.54, 1.807) is 16.7 Å². The average molecular weight is 489 g/mol. The first-order valence-electron chi connectivity index (χ1n) is 12.3. The van der Waals surface area contributed by atoms with Crippen LogP contribution in [0.2, 0.25) is 0 Å².